The predicted octanol–water partition coefficient (Wildman–Crippen LogP) is 5.64. The Morgan fingerprint density at radius 1 is 0.750 bits per heavy atom. The number of aliphatic hydroxyl groups excluding tert-OH is 1. The number of carbonyl (C=O) groups is 11. The van der Waals surface area contributed by atoms with Crippen molar-refractivity contribution in [1.82, 2.24) is 46.2 Å². The van der Waals surface area contributed by atoms with E-state index in [-0.39, 0.29) is 98.4 Å². The Hall–Kier alpha value is -7.36. The summed E-state index contributed by atoms with van der Waals surface area (Å²) in [6.07, 6.45) is 2.56. The number of likely N-dealkylation sites (N-methyl/N-ethyl adjacent to an activating group) is 2. The largest absolute Gasteiger partial charge is 0.445 e. The minimum absolute atomic E-state index is 0.0862. The van der Waals surface area contributed by atoms with Crippen LogP contribution in [0.1, 0.15) is 157 Å². The highest BCUT2D eigenvalue weighted by Gasteiger charge is 2.44. The van der Waals surface area contributed by atoms with Crippen LogP contribution in [0.3, 0.4) is 0 Å². The SMILES string of the molecule is CCC(C)C(C(CC(=O)N1CCCC1C(OC)C(C)C(=O)NC(C)C(O)c1ccccc1)OC)N(C)C(=O)C(NC(=O)C(C(C)C)N(C)C(=O)OCc1ccc(NC(=O)C(CCCNC(N)=O)NC(=O)C(NC(=O)CCCCCN2C(=O)CC(SC)C2=O)C(C)C)cc1)C(C)C. The van der Waals surface area contributed by atoms with Crippen molar-refractivity contribution < 1.29 is 72.1 Å². The molecule has 13 unspecified atom stereocenters. The zero-order valence-corrected chi connectivity index (χ0v) is 59.8. The smallest absolute Gasteiger partial charge is 0.410 e. The number of nitrogens with one attached hydrogen (secondary N) is 6. The fraction of sp³-hybridized carbons (Fsp3) is 0.667. The van der Waals surface area contributed by atoms with E-state index in [0.29, 0.717) is 61.9 Å². The predicted molar refractivity (Wildman–Crippen MR) is 366 cm³/mol. The molecule has 4 rings (SSSR count). The number of nitrogens with zero attached hydrogens (tertiary/aromatic N) is 4. The summed E-state index contributed by atoms with van der Waals surface area (Å²) in [6, 6.07) is 8.76. The minimum Gasteiger partial charge on any atom is -0.445 e. The Morgan fingerprint density at radius 2 is 1.41 bits per heavy atom. The Balaban J connectivity index is 1.37. The maximum Gasteiger partial charge on any atom is 0.410 e. The topological polar surface area (TPSA) is 347 Å². The van der Waals surface area contributed by atoms with E-state index in [1.807, 2.05) is 32.0 Å². The molecule has 2 aromatic carbocycles. The standard InChI is InChI=1S/C69H109N11O15S/c1-16-43(8)59(51(93-13)37-54(82)79-36-24-28-50(79)61(94-14)44(9)62(85)72-45(10)60(84)47-25-19-17-20-26-47)77(11)67(90)57(41(4)5)76-65(88)58(42(6)7)78(12)69(92)95-39-46-30-32-48(33-31-46)73-63(86)49(27-23-34-71-68(70)91)74-64(87)56(40(2)3)75-53(81)29-21-18-22-35-80-55(83)38-52(96-15)66(80)89/h17,19-20,25-26,30-33,40-45,49-52,56-61,84H,16,18,21-24,27-29,34-39H2,1-15H3,(H,72,85)(H,73,86)(H,74,87)(H,75,81)(H,76,88)(H3,70,71,91). The summed E-state index contributed by atoms with van der Waals surface area (Å²) in [5.74, 6) is -5.64. The Morgan fingerprint density at radius 3 is 1.98 bits per heavy atom. The number of aliphatic hydroxyl groups is 1. The Bertz CT molecular complexity index is 2910. The van der Waals surface area contributed by atoms with Crippen LogP contribution in [0, 0.1) is 29.6 Å². The van der Waals surface area contributed by atoms with Gasteiger partial charge in [-0.3, -0.25) is 53.0 Å². The van der Waals surface area contributed by atoms with Crippen LogP contribution in [0.5, 0.6) is 0 Å². The maximum atomic E-state index is 14.8. The van der Waals surface area contributed by atoms with Gasteiger partial charge in [0.15, 0.2) is 0 Å². The molecule has 96 heavy (non-hydrogen) atoms. The average molecular weight is 1360 g/mol. The molecule has 12 amide bonds. The second-order valence-corrected chi connectivity index (χ2v) is 27.5. The maximum absolute atomic E-state index is 14.8. The molecule has 27 heteroatoms. The van der Waals surface area contributed by atoms with E-state index < -0.39 is 114 Å². The first kappa shape index (κ1) is 81.1. The molecule has 2 aliphatic rings. The highest BCUT2D eigenvalue weighted by atomic mass is 32.2. The molecule has 2 aromatic rings. The molecule has 0 aliphatic carbocycles. The van der Waals surface area contributed by atoms with Gasteiger partial charge in [0.25, 0.3) is 0 Å². The summed E-state index contributed by atoms with van der Waals surface area (Å²) in [6.45, 7) is 18.7. The third kappa shape index (κ3) is 23.4. The number of imide groups is 1. The quantitative estimate of drug-likeness (QED) is 0.0296. The number of primary amides is 1. The number of thioether (sulfide) groups is 1. The first-order valence-electron chi connectivity index (χ1n) is 33.7. The van der Waals surface area contributed by atoms with Crippen molar-refractivity contribution in [3.8, 4) is 0 Å². The van der Waals surface area contributed by atoms with Crippen LogP contribution in [0.4, 0.5) is 15.3 Å². The van der Waals surface area contributed by atoms with Gasteiger partial charge in [0, 0.05) is 66.5 Å². The molecule has 2 saturated heterocycles. The van der Waals surface area contributed by atoms with E-state index in [1.54, 1.807) is 115 Å². The highest BCUT2D eigenvalue weighted by molar-refractivity contribution is 8.00. The van der Waals surface area contributed by atoms with Crippen LogP contribution in [-0.4, -0.2) is 204 Å². The number of rotatable bonds is 39. The number of urea groups is 1. The van der Waals surface area contributed by atoms with Crippen LogP contribution in [0.15, 0.2) is 54.6 Å². The van der Waals surface area contributed by atoms with Crippen molar-refractivity contribution in [2.75, 3.05) is 59.5 Å². The van der Waals surface area contributed by atoms with E-state index in [1.165, 1.54) is 42.8 Å². The van der Waals surface area contributed by atoms with Gasteiger partial charge in [0.05, 0.1) is 54.0 Å². The summed E-state index contributed by atoms with van der Waals surface area (Å²) in [5.41, 5.74) is 6.79. The van der Waals surface area contributed by atoms with Crippen LogP contribution >= 0.6 is 11.8 Å². The van der Waals surface area contributed by atoms with Gasteiger partial charge in [0.1, 0.15) is 30.8 Å². The lowest BCUT2D eigenvalue weighted by Gasteiger charge is -2.41. The number of hydrogen-bond donors (Lipinski definition) is 8. The number of methoxy groups -OCH3 is 2. The van der Waals surface area contributed by atoms with Gasteiger partial charge in [0.2, 0.25) is 53.2 Å². The zero-order chi connectivity index (χ0) is 71.7. The van der Waals surface area contributed by atoms with Gasteiger partial charge in [-0.1, -0.05) is 118 Å². The van der Waals surface area contributed by atoms with Crippen molar-refractivity contribution in [3.63, 3.8) is 0 Å². The number of nitrogens with two attached hydrogens (primary N) is 1. The lowest BCUT2D eigenvalue weighted by atomic mass is 9.89. The van der Waals surface area contributed by atoms with Crippen LogP contribution in [0.25, 0.3) is 0 Å². The summed E-state index contributed by atoms with van der Waals surface area (Å²) in [5, 5.41) is 27.3. The highest BCUT2D eigenvalue weighted by Crippen LogP contribution is 2.31. The number of amides is 12. The van der Waals surface area contributed by atoms with Gasteiger partial charge >= 0.3 is 12.1 Å². The van der Waals surface area contributed by atoms with E-state index >= 15 is 0 Å². The fourth-order valence-corrected chi connectivity index (χ4v) is 13.1. The minimum atomic E-state index is -1.11. The molecule has 2 aliphatic heterocycles. The number of carbonyl (C=O) groups excluding carboxylic acids is 11. The molecule has 13 atom stereocenters. The number of unbranched alkanes of at least 4 members (excludes halogenated alkanes) is 2. The van der Waals surface area contributed by atoms with Crippen molar-refractivity contribution in [2.45, 2.75) is 212 Å². The molecule has 9 N–H and O–H groups in total. The normalized spacial score (nSPS) is 18.2. The third-order valence-corrected chi connectivity index (χ3v) is 19.2. The summed E-state index contributed by atoms with van der Waals surface area (Å²) in [7, 11) is 6.08. The van der Waals surface area contributed by atoms with Gasteiger partial charge in [-0.25, -0.2) is 9.59 Å². The number of anilines is 1. The molecule has 2 heterocycles. The van der Waals surface area contributed by atoms with Crippen molar-refractivity contribution in [3.05, 3.63) is 65.7 Å². The fourth-order valence-electron chi connectivity index (χ4n) is 12.5. The molecular weight excluding hydrogens is 1250 g/mol. The lowest BCUT2D eigenvalue weighted by molar-refractivity contribution is -0.148. The Kier molecular flexibility index (Phi) is 33.6. The second kappa shape index (κ2) is 39.8. The second-order valence-electron chi connectivity index (χ2n) is 26.4. The first-order valence-corrected chi connectivity index (χ1v) is 35.0. The van der Waals surface area contributed by atoms with Crippen molar-refractivity contribution >= 4 is 82.7 Å². The van der Waals surface area contributed by atoms with Crippen molar-refractivity contribution in [1.29, 1.82) is 0 Å². The molecule has 0 saturated carbocycles. The number of likely N-dealkylation sites (tertiary alicyclic amines) is 2. The van der Waals surface area contributed by atoms with Gasteiger partial charge in [-0.05, 0) is 98.6 Å². The van der Waals surface area contributed by atoms with Gasteiger partial charge < -0.3 is 66.8 Å². The van der Waals surface area contributed by atoms with E-state index in [9.17, 15) is 57.8 Å². The van der Waals surface area contributed by atoms with E-state index in [0.717, 1.165) is 0 Å². The molecule has 2 fully saturated rings. The lowest BCUT2D eigenvalue weighted by Crippen LogP contribution is -2.60. The molecule has 26 nitrogen and oxygen atoms in total. The first-order chi connectivity index (χ1) is 45.4. The monoisotopic (exact) mass is 1360 g/mol. The number of benzene rings is 2. The number of hydrogen-bond acceptors (Lipinski definition) is 16. The summed E-state index contributed by atoms with van der Waals surface area (Å²) < 4.78 is 17.8. The van der Waals surface area contributed by atoms with Gasteiger partial charge in [-0.15, -0.1) is 0 Å². The molecule has 0 radical (unpaired) electrons. The van der Waals surface area contributed by atoms with Gasteiger partial charge in [-0.2, -0.15) is 11.8 Å². The van der Waals surface area contributed by atoms with E-state index in [4.69, 9.17) is 19.9 Å². The summed E-state index contributed by atoms with van der Waals surface area (Å²) >= 11 is 1.35. The molecule has 0 bridgehead atoms. The summed E-state index contributed by atoms with van der Waals surface area (Å²) in [4.78, 5) is 154. The van der Waals surface area contributed by atoms with Crippen LogP contribution in [0.2, 0.25) is 0 Å². The Labute approximate surface area is 571 Å². The van der Waals surface area contributed by atoms with Crippen molar-refractivity contribution in [2.24, 2.45) is 35.3 Å². The molecule has 0 spiro atoms. The number of ether oxygens (including phenoxy) is 3. The van der Waals surface area contributed by atoms with E-state index in [2.05, 4.69) is 31.9 Å². The molecule has 0 aromatic heterocycles. The van der Waals surface area contributed by atoms with Crippen LogP contribution < -0.4 is 37.6 Å². The average Bonchev–Trinajstić information content (AvgIpc) is 1.42. The molecule has 536 valence electrons. The molecular formula is C69H109N11O15S. The zero-order valence-electron chi connectivity index (χ0n) is 59.0. The van der Waals surface area contributed by atoms with Crippen LogP contribution in [-0.2, 0) is 64.0 Å². The third-order valence-electron chi connectivity index (χ3n) is 18.3.